The molecule has 0 saturated carbocycles. The first kappa shape index (κ1) is 58.5. The van der Waals surface area contributed by atoms with Crippen molar-refractivity contribution in [2.45, 2.75) is 76.8 Å². The molecule has 0 spiro atoms. The molecule has 0 nitrogen and oxygen atoms in total. The second-order valence-corrected chi connectivity index (χ2v) is 14.4. The molecule has 0 aliphatic rings. The quantitative estimate of drug-likeness (QED) is 0.0938. The van der Waals surface area contributed by atoms with Gasteiger partial charge >= 0.3 is 63.3 Å². The number of benzene rings is 4. The van der Waals surface area contributed by atoms with Crippen molar-refractivity contribution in [1.82, 2.24) is 0 Å². The molecule has 0 unspecified atom stereocenters. The number of hydrogen-bond acceptors (Lipinski definition) is 0. The Kier molecular flexibility index (Phi) is 19.6. The van der Waals surface area contributed by atoms with Gasteiger partial charge < -0.3 is 24.8 Å². The largest absolute Gasteiger partial charge is 4.00 e. The third kappa shape index (κ3) is 13.3. The van der Waals surface area contributed by atoms with Gasteiger partial charge in [0.2, 0.25) is 0 Å². The summed E-state index contributed by atoms with van der Waals surface area (Å²) in [6.45, 7) is 7.82. The van der Waals surface area contributed by atoms with Crippen molar-refractivity contribution in [1.29, 1.82) is 0 Å². The van der Waals surface area contributed by atoms with Crippen LogP contribution in [-0.2, 0) is 76.1 Å². The van der Waals surface area contributed by atoms with Gasteiger partial charge in [-0.05, 0) is 48.2 Å². The van der Waals surface area contributed by atoms with Gasteiger partial charge in [0.05, 0.1) is 33.4 Å². The smallest absolute Gasteiger partial charge is 1.00 e. The number of hydrogen-bond donors (Lipinski definition) is 0. The maximum atomic E-state index is 13.6. The van der Waals surface area contributed by atoms with E-state index in [-0.39, 0.29) is 86.1 Å². The molecular formula is C42H30Cl2F18SiZr. The minimum atomic E-state index is -5.43. The molecule has 0 atom stereocenters. The fraction of sp³-hybridized carbons (Fsp3) is 0.286. The molecule has 6 aromatic carbocycles. The third-order valence-corrected chi connectivity index (χ3v) is 9.13. The average molecular weight is 1070 g/mol. The van der Waals surface area contributed by atoms with Gasteiger partial charge in [-0.2, -0.15) is 91.2 Å². The van der Waals surface area contributed by atoms with Crippen LogP contribution in [0.2, 0.25) is 13.1 Å². The van der Waals surface area contributed by atoms with Crippen LogP contribution in [0.15, 0.2) is 84.9 Å². The number of alkyl halides is 18. The van der Waals surface area contributed by atoms with Crippen LogP contribution in [0.1, 0.15) is 58.4 Å². The van der Waals surface area contributed by atoms with E-state index >= 15 is 0 Å². The number of fused-ring (bicyclic) bond motifs is 2. The molecule has 0 aliphatic heterocycles. The van der Waals surface area contributed by atoms with E-state index in [1.807, 2.05) is 0 Å². The number of rotatable bonds is 4. The molecule has 0 N–H and O–H groups in total. The van der Waals surface area contributed by atoms with Gasteiger partial charge in [-0.15, -0.1) is 69.1 Å². The maximum Gasteiger partial charge on any atom is 4.00 e. The first-order chi connectivity index (χ1) is 27.9. The van der Waals surface area contributed by atoms with Crippen molar-refractivity contribution in [3.8, 4) is 22.3 Å². The fourth-order valence-electron chi connectivity index (χ4n) is 6.52. The zero-order valence-corrected chi connectivity index (χ0v) is 38.0. The van der Waals surface area contributed by atoms with E-state index in [2.05, 4.69) is 13.1 Å². The summed E-state index contributed by atoms with van der Waals surface area (Å²) in [5.41, 5.74) is -14.0. The van der Waals surface area contributed by atoms with Crippen molar-refractivity contribution in [3.05, 3.63) is 129 Å². The van der Waals surface area contributed by atoms with Gasteiger partial charge in [-0.1, -0.05) is 50.2 Å². The maximum absolute atomic E-state index is 13.6. The summed E-state index contributed by atoms with van der Waals surface area (Å²) >= 11 is 0. The topological polar surface area (TPSA) is 0 Å². The summed E-state index contributed by atoms with van der Waals surface area (Å²) in [7, 11) is 1.08. The van der Waals surface area contributed by atoms with Crippen molar-refractivity contribution in [3.63, 3.8) is 0 Å². The van der Waals surface area contributed by atoms with E-state index in [0.717, 1.165) is 21.7 Å². The molecule has 6 aromatic rings. The van der Waals surface area contributed by atoms with Crippen LogP contribution in [0.3, 0.4) is 0 Å². The Morgan fingerprint density at radius 3 is 0.875 bits per heavy atom. The van der Waals surface area contributed by atoms with Gasteiger partial charge in [0.25, 0.3) is 0 Å². The first-order valence-electron chi connectivity index (χ1n) is 17.6. The van der Waals surface area contributed by atoms with Gasteiger partial charge in [-0.3, -0.25) is 0 Å². The molecule has 346 valence electrons. The minimum Gasteiger partial charge on any atom is -1.00 e. The Balaban J connectivity index is 0.000000577. The summed E-state index contributed by atoms with van der Waals surface area (Å²) in [6, 6.07) is 12.7. The van der Waals surface area contributed by atoms with E-state index in [1.165, 1.54) is 36.4 Å². The van der Waals surface area contributed by atoms with Crippen LogP contribution in [-0.4, -0.2) is 9.52 Å². The van der Waals surface area contributed by atoms with Gasteiger partial charge in [0.1, 0.15) is 0 Å². The predicted octanol–water partition coefficient (Wildman–Crippen LogP) is 10.5. The van der Waals surface area contributed by atoms with Crippen LogP contribution < -0.4 is 24.8 Å². The van der Waals surface area contributed by atoms with Gasteiger partial charge in [-0.25, -0.2) is 0 Å². The number of aryl methyl sites for hydroxylation is 2. The summed E-state index contributed by atoms with van der Waals surface area (Å²) in [6.07, 6.45) is -31.5. The second kappa shape index (κ2) is 21.4. The van der Waals surface area contributed by atoms with E-state index in [9.17, 15) is 79.0 Å². The molecule has 0 bridgehead atoms. The van der Waals surface area contributed by atoms with E-state index in [1.54, 1.807) is 26.0 Å². The molecule has 0 saturated heterocycles. The molecule has 0 heterocycles. The van der Waals surface area contributed by atoms with E-state index in [4.69, 9.17) is 0 Å². The molecule has 6 rings (SSSR count). The van der Waals surface area contributed by atoms with E-state index < -0.39 is 92.7 Å². The zero-order valence-electron chi connectivity index (χ0n) is 33.1. The molecule has 22 heteroatoms. The van der Waals surface area contributed by atoms with Crippen LogP contribution in [0, 0.1) is 0 Å². The van der Waals surface area contributed by atoms with Crippen molar-refractivity contribution in [2.24, 2.45) is 0 Å². The normalized spacial score (nSPS) is 12.3. The van der Waals surface area contributed by atoms with Gasteiger partial charge in [0.15, 0.2) is 0 Å². The summed E-state index contributed by atoms with van der Waals surface area (Å²) in [5.74, 6) is 0. The van der Waals surface area contributed by atoms with Crippen LogP contribution in [0.4, 0.5) is 79.0 Å². The predicted molar refractivity (Wildman–Crippen MR) is 196 cm³/mol. The van der Waals surface area contributed by atoms with E-state index in [0.29, 0.717) is 34.7 Å². The minimum absolute atomic E-state index is 0. The molecule has 0 aromatic heterocycles. The Bertz CT molecular complexity index is 2240. The monoisotopic (exact) mass is 1060 g/mol. The first-order valence-corrected chi connectivity index (χ1v) is 19.6. The Labute approximate surface area is 387 Å². The van der Waals surface area contributed by atoms with Crippen LogP contribution >= 0.6 is 0 Å². The molecule has 0 aliphatic carbocycles. The molecule has 0 fully saturated rings. The standard InChI is InChI=1S/2C20H12F9.C2H6Si.2ClH.Zr/c2*1-2-10-6-11-4-3-5-13(14(11)7-10)17-15(19(24,25)26)8-12(18(21,22)23)9-16(17)20(27,28)29;1-3-2;;;/h2*3-9H,2H2,1H3;1-2H3;2*1H;/q2*-1;;;;+4/p-2. The average Bonchev–Trinajstić information content (AvgIpc) is 3.76. The summed E-state index contributed by atoms with van der Waals surface area (Å²) in [5, 5.41) is 1.03. The van der Waals surface area contributed by atoms with Crippen LogP contribution in [0.5, 0.6) is 0 Å². The number of halogens is 20. The Morgan fingerprint density at radius 1 is 0.422 bits per heavy atom. The van der Waals surface area contributed by atoms with Crippen molar-refractivity contribution in [2.75, 3.05) is 0 Å². The third-order valence-electron chi connectivity index (χ3n) is 9.13. The van der Waals surface area contributed by atoms with Crippen molar-refractivity contribution < 1.29 is 130 Å². The Morgan fingerprint density at radius 2 is 0.672 bits per heavy atom. The second-order valence-electron chi connectivity index (χ2n) is 13.4. The molecule has 64 heavy (non-hydrogen) atoms. The van der Waals surface area contributed by atoms with Crippen molar-refractivity contribution >= 4 is 31.1 Å². The molecule has 2 radical (unpaired) electrons. The summed E-state index contributed by atoms with van der Waals surface area (Å²) in [4.78, 5) is 0. The van der Waals surface area contributed by atoms with Gasteiger partial charge in [0, 0.05) is 9.52 Å². The fourth-order valence-corrected chi connectivity index (χ4v) is 6.52. The Hall–Kier alpha value is -3.48. The zero-order chi connectivity index (χ0) is 46.3. The SMILES string of the molecule is CCc1cc2c(-c3c(C(F)(F)F)cc(C(F)(F)F)cc3C(F)(F)F)cccc2[cH-]1.CCc1cc2c(-c3c(C(F)(F)F)cc(C(F)(F)F)cc3C(F)(F)F)cccc2[cH-]1.C[Si]C.[Cl-].[Cl-].[Zr+4]. The molecule has 0 amide bonds. The summed E-state index contributed by atoms with van der Waals surface area (Å²) < 4.78 is 241. The van der Waals surface area contributed by atoms with Crippen LogP contribution in [0.25, 0.3) is 43.8 Å². The molecular weight excluding hydrogens is 1040 g/mol.